The number of benzene rings is 2. The highest BCUT2D eigenvalue weighted by Gasteiger charge is 2.53. The SMILES string of the molecule is COc1ccc2c(c1)C(=O)N(C[C@@]1(c3cc(-c4ccccc4)nn3-c3nccc(C(F)(F)F)n3)NC(=O)NC1=O)C2. The zero-order chi connectivity index (χ0) is 28.9. The van der Waals surface area contributed by atoms with Gasteiger partial charge in [-0.05, 0) is 29.8 Å². The lowest BCUT2D eigenvalue weighted by molar-refractivity contribution is -0.141. The summed E-state index contributed by atoms with van der Waals surface area (Å²) < 4.78 is 46.9. The maximum atomic E-state index is 13.5. The number of amides is 4. The lowest BCUT2D eigenvalue weighted by atomic mass is 9.93. The van der Waals surface area contributed by atoms with Gasteiger partial charge >= 0.3 is 12.2 Å². The molecule has 0 spiro atoms. The van der Waals surface area contributed by atoms with Gasteiger partial charge in [0, 0.05) is 23.9 Å². The van der Waals surface area contributed by atoms with E-state index in [1.54, 1.807) is 48.5 Å². The smallest absolute Gasteiger partial charge is 0.433 e. The molecular formula is C27H20F3N7O4. The Morgan fingerprint density at radius 2 is 1.83 bits per heavy atom. The van der Waals surface area contributed by atoms with Gasteiger partial charge in [-0.15, -0.1) is 0 Å². The molecule has 6 rings (SSSR count). The second-order valence-electron chi connectivity index (χ2n) is 9.43. The van der Waals surface area contributed by atoms with Crippen molar-refractivity contribution in [2.75, 3.05) is 13.7 Å². The molecule has 4 aromatic rings. The van der Waals surface area contributed by atoms with Crippen molar-refractivity contribution in [1.82, 2.24) is 35.3 Å². The van der Waals surface area contributed by atoms with Crippen molar-refractivity contribution in [3.63, 3.8) is 0 Å². The Labute approximate surface area is 230 Å². The minimum atomic E-state index is -4.78. The highest BCUT2D eigenvalue weighted by atomic mass is 19.4. The molecule has 0 saturated carbocycles. The monoisotopic (exact) mass is 563 g/mol. The van der Waals surface area contributed by atoms with E-state index < -0.39 is 41.2 Å². The van der Waals surface area contributed by atoms with Crippen molar-refractivity contribution in [3.05, 3.63) is 89.4 Å². The van der Waals surface area contributed by atoms with E-state index in [0.717, 1.165) is 10.9 Å². The minimum absolute atomic E-state index is 0.0413. The fourth-order valence-electron chi connectivity index (χ4n) is 4.94. The predicted octanol–water partition coefficient (Wildman–Crippen LogP) is 3.05. The summed E-state index contributed by atoms with van der Waals surface area (Å²) in [6.07, 6.45) is -3.86. The fourth-order valence-corrected chi connectivity index (χ4v) is 4.94. The van der Waals surface area contributed by atoms with Crippen LogP contribution in [0, 0.1) is 0 Å². The fraction of sp³-hybridized carbons (Fsp3) is 0.185. The molecule has 1 atom stereocenters. The first-order valence-electron chi connectivity index (χ1n) is 12.3. The molecule has 4 heterocycles. The first-order chi connectivity index (χ1) is 19.6. The van der Waals surface area contributed by atoms with Crippen LogP contribution in [-0.4, -0.2) is 56.1 Å². The van der Waals surface area contributed by atoms with Crippen LogP contribution in [0.25, 0.3) is 17.2 Å². The first-order valence-corrected chi connectivity index (χ1v) is 12.3. The summed E-state index contributed by atoms with van der Waals surface area (Å²) >= 11 is 0. The van der Waals surface area contributed by atoms with Crippen LogP contribution in [0.4, 0.5) is 18.0 Å². The quantitative estimate of drug-likeness (QED) is 0.345. The lowest BCUT2D eigenvalue weighted by Crippen LogP contribution is -2.53. The predicted molar refractivity (Wildman–Crippen MR) is 136 cm³/mol. The Morgan fingerprint density at radius 1 is 1.05 bits per heavy atom. The molecule has 0 bridgehead atoms. The molecule has 4 amide bonds. The summed E-state index contributed by atoms with van der Waals surface area (Å²) in [5.41, 5.74) is -1.32. The van der Waals surface area contributed by atoms with Crippen LogP contribution < -0.4 is 15.4 Å². The Hall–Kier alpha value is -5.27. The third kappa shape index (κ3) is 4.42. The maximum absolute atomic E-state index is 13.5. The van der Waals surface area contributed by atoms with E-state index in [0.29, 0.717) is 28.5 Å². The number of ether oxygens (including phenoxy) is 1. The van der Waals surface area contributed by atoms with E-state index in [9.17, 15) is 27.6 Å². The summed E-state index contributed by atoms with van der Waals surface area (Å²) in [6, 6.07) is 15.0. The van der Waals surface area contributed by atoms with Gasteiger partial charge in [0.15, 0.2) is 5.54 Å². The number of rotatable bonds is 6. The van der Waals surface area contributed by atoms with Gasteiger partial charge in [-0.2, -0.15) is 23.0 Å². The normalized spacial score (nSPS) is 18.3. The van der Waals surface area contributed by atoms with Crippen molar-refractivity contribution < 1.29 is 32.3 Å². The molecule has 11 nitrogen and oxygen atoms in total. The van der Waals surface area contributed by atoms with Crippen LogP contribution in [0.5, 0.6) is 5.75 Å². The number of urea groups is 1. The number of carbonyl (C=O) groups is 3. The molecule has 0 aliphatic carbocycles. The number of fused-ring (bicyclic) bond motifs is 1. The first kappa shape index (κ1) is 26.0. The summed E-state index contributed by atoms with van der Waals surface area (Å²) in [5.74, 6) is -1.26. The number of carbonyl (C=O) groups excluding carboxylic acids is 3. The summed E-state index contributed by atoms with van der Waals surface area (Å²) in [4.78, 5) is 48.5. The molecule has 1 saturated heterocycles. The van der Waals surface area contributed by atoms with Gasteiger partial charge in [0.2, 0.25) is 0 Å². The molecule has 2 aliphatic rings. The van der Waals surface area contributed by atoms with E-state index in [-0.39, 0.29) is 24.5 Å². The number of imide groups is 1. The molecular weight excluding hydrogens is 543 g/mol. The molecule has 0 radical (unpaired) electrons. The van der Waals surface area contributed by atoms with Crippen LogP contribution in [0.3, 0.4) is 0 Å². The minimum Gasteiger partial charge on any atom is -0.497 e. The van der Waals surface area contributed by atoms with Crippen LogP contribution in [-0.2, 0) is 23.1 Å². The number of alkyl halides is 3. The second-order valence-corrected chi connectivity index (χ2v) is 9.43. The van der Waals surface area contributed by atoms with E-state index in [1.165, 1.54) is 18.1 Å². The van der Waals surface area contributed by atoms with Crippen LogP contribution in [0.2, 0.25) is 0 Å². The van der Waals surface area contributed by atoms with Gasteiger partial charge in [0.05, 0.1) is 25.0 Å². The molecule has 1 fully saturated rings. The zero-order valence-electron chi connectivity index (χ0n) is 21.3. The van der Waals surface area contributed by atoms with Crippen molar-refractivity contribution in [2.24, 2.45) is 0 Å². The van der Waals surface area contributed by atoms with Gasteiger partial charge in [0.1, 0.15) is 11.4 Å². The molecule has 2 aromatic carbocycles. The Morgan fingerprint density at radius 3 is 2.51 bits per heavy atom. The van der Waals surface area contributed by atoms with E-state index in [2.05, 4.69) is 25.7 Å². The van der Waals surface area contributed by atoms with Crippen LogP contribution >= 0.6 is 0 Å². The van der Waals surface area contributed by atoms with E-state index in [1.807, 2.05) is 0 Å². The summed E-state index contributed by atoms with van der Waals surface area (Å²) in [6.45, 7) is -0.248. The topological polar surface area (TPSA) is 131 Å². The third-order valence-electron chi connectivity index (χ3n) is 6.90. The van der Waals surface area contributed by atoms with Gasteiger partial charge in [-0.25, -0.2) is 14.8 Å². The Balaban J connectivity index is 1.51. The van der Waals surface area contributed by atoms with Gasteiger partial charge in [-0.1, -0.05) is 36.4 Å². The highest BCUT2D eigenvalue weighted by molar-refractivity contribution is 6.08. The van der Waals surface area contributed by atoms with Gasteiger partial charge in [-0.3, -0.25) is 14.9 Å². The number of nitrogens with one attached hydrogen (secondary N) is 2. The van der Waals surface area contributed by atoms with Crippen molar-refractivity contribution >= 4 is 17.8 Å². The molecule has 208 valence electrons. The Bertz CT molecular complexity index is 1710. The summed E-state index contributed by atoms with van der Waals surface area (Å²) in [7, 11) is 1.47. The van der Waals surface area contributed by atoms with Crippen LogP contribution in [0.15, 0.2) is 66.9 Å². The number of hydrogen-bond acceptors (Lipinski definition) is 7. The number of aromatic nitrogens is 4. The standard InChI is InChI=1S/C27H20F3N7O4/c1-41-17-8-7-16-13-36(22(38)18(16)11-17)14-26(23(39)33-25(40)34-26)21-12-19(15-5-3-2-4-6-15)35-37(21)24-31-10-9-20(32-24)27(28,29)30/h2-12H,13-14H2,1H3,(H2,33,34,39,40)/t26-/m0/s1. The van der Waals surface area contributed by atoms with Crippen LogP contribution in [0.1, 0.15) is 27.3 Å². The maximum Gasteiger partial charge on any atom is 0.433 e. The average molecular weight is 563 g/mol. The van der Waals surface area contributed by atoms with E-state index >= 15 is 0 Å². The van der Waals surface area contributed by atoms with Crippen molar-refractivity contribution in [3.8, 4) is 23.0 Å². The van der Waals surface area contributed by atoms with Gasteiger partial charge in [0.25, 0.3) is 17.8 Å². The van der Waals surface area contributed by atoms with Crippen molar-refractivity contribution in [1.29, 1.82) is 0 Å². The number of methoxy groups -OCH3 is 1. The molecule has 0 unspecified atom stereocenters. The molecule has 2 aromatic heterocycles. The number of halogens is 3. The Kier molecular flexibility index (Phi) is 5.98. The number of hydrogen-bond donors (Lipinski definition) is 2. The average Bonchev–Trinajstić information content (AvgIpc) is 3.62. The van der Waals surface area contributed by atoms with Crippen molar-refractivity contribution in [2.45, 2.75) is 18.3 Å². The lowest BCUT2D eigenvalue weighted by Gasteiger charge is -2.31. The second kappa shape index (κ2) is 9.43. The highest BCUT2D eigenvalue weighted by Crippen LogP contribution is 2.35. The molecule has 41 heavy (non-hydrogen) atoms. The molecule has 14 heteroatoms. The van der Waals surface area contributed by atoms with Gasteiger partial charge < -0.3 is 15.0 Å². The molecule has 2 aliphatic heterocycles. The largest absolute Gasteiger partial charge is 0.497 e. The number of nitrogens with zero attached hydrogens (tertiary/aromatic N) is 5. The van der Waals surface area contributed by atoms with E-state index in [4.69, 9.17) is 4.74 Å². The zero-order valence-corrected chi connectivity index (χ0v) is 21.3. The molecule has 2 N–H and O–H groups in total. The third-order valence-corrected chi connectivity index (χ3v) is 6.90. The summed E-state index contributed by atoms with van der Waals surface area (Å²) in [5, 5.41) is 9.23.